The molecule has 9 N–H and O–H groups in total. The first-order chi connectivity index (χ1) is 46.4. The third-order valence-electron chi connectivity index (χ3n) is 16.6. The standard InChI is InChI=1S/C75H116N8O15/c1-16-18-19-20-21-22-23-24-28-31-57(44-63(85)96-46-52-29-26-25-27-30-52)97-74(93)66(50(9)17-2)83-72(91)60(43-48(5)6)79-70(89)61(45-64(86)98-75(11,12)13)80-73(92)65(49(7)8)82-71(90)59(42-47(3)4)78-68(87)51(10)77-69(88)58(76)40-41-62(84)81-67(53-32-36-55(94-14)37-33-53)54-34-38-56(95-15)39-35-54/h25-27,29-30,32-39,47-51,57-61,65-67H,16-24,28,31,40-46,76H2,1-15H3,(H,77,88)(H,78,87)(H,79,89)(H,80,92)(H,81,84)(H,82,90)(H,83,91)/t50-,51-,57?,58-,59+,60+,61-,65-,66-/m0/s1. The van der Waals surface area contributed by atoms with E-state index in [0.29, 0.717) is 30.8 Å². The van der Waals surface area contributed by atoms with Crippen molar-refractivity contribution in [1.82, 2.24) is 37.2 Å². The number of nitrogens with two attached hydrogens (primary N) is 1. The van der Waals surface area contributed by atoms with Crippen LogP contribution in [0.15, 0.2) is 78.9 Å². The molecule has 0 saturated heterocycles. The van der Waals surface area contributed by atoms with E-state index in [0.717, 1.165) is 42.4 Å². The lowest BCUT2D eigenvalue weighted by molar-refractivity contribution is -0.160. The summed E-state index contributed by atoms with van der Waals surface area (Å²) in [5.41, 5.74) is 7.63. The zero-order valence-corrected chi connectivity index (χ0v) is 60.9. The van der Waals surface area contributed by atoms with E-state index in [4.69, 9.17) is 29.4 Å². The van der Waals surface area contributed by atoms with Gasteiger partial charge in [0, 0.05) is 6.42 Å². The number of unbranched alkanes of at least 4 members (excludes halogenated alkanes) is 8. The number of methoxy groups -OCH3 is 2. The van der Waals surface area contributed by atoms with Crippen LogP contribution in [0.5, 0.6) is 11.5 Å². The SMILES string of the molecule is CCCCCCCCCCCC(CC(=O)OCc1ccccc1)OC(=O)[C@@H](NC(=O)[C@@H](CC(C)C)NC(=O)[C@H](CC(=O)OC(C)(C)C)NC(=O)[C@@H](NC(=O)[C@@H](CC(C)C)NC(=O)[C@H](C)NC(=O)[C@@H](N)CCC(=O)NC(c1ccc(OC)cc1)c1ccc(OC)cc1)C(C)C)[C@@H](C)CC. The number of carbonyl (C=O) groups is 10. The number of rotatable bonds is 45. The highest BCUT2D eigenvalue weighted by molar-refractivity contribution is 5.98. The van der Waals surface area contributed by atoms with Crippen molar-refractivity contribution in [2.75, 3.05) is 14.2 Å². The minimum absolute atomic E-state index is 0.0441. The second-order valence-corrected chi connectivity index (χ2v) is 27.8. The van der Waals surface area contributed by atoms with Crippen molar-refractivity contribution in [3.63, 3.8) is 0 Å². The lowest BCUT2D eigenvalue weighted by Crippen LogP contribution is -2.61. The van der Waals surface area contributed by atoms with Gasteiger partial charge in [0.2, 0.25) is 41.4 Å². The summed E-state index contributed by atoms with van der Waals surface area (Å²) >= 11 is 0. The Balaban J connectivity index is 1.79. The molecule has 0 aliphatic rings. The first-order valence-corrected chi connectivity index (χ1v) is 35.2. The van der Waals surface area contributed by atoms with Crippen LogP contribution in [0.3, 0.4) is 0 Å². The Morgan fingerprint density at radius 3 is 1.48 bits per heavy atom. The monoisotopic (exact) mass is 1370 g/mol. The molecule has 23 nitrogen and oxygen atoms in total. The maximum atomic E-state index is 14.6. The highest BCUT2D eigenvalue weighted by atomic mass is 16.6. The number of carbonyl (C=O) groups excluding carboxylic acids is 10. The molecule has 0 radical (unpaired) electrons. The van der Waals surface area contributed by atoms with E-state index in [1.54, 1.807) is 80.0 Å². The number of benzene rings is 3. The van der Waals surface area contributed by atoms with E-state index < -0.39 is 138 Å². The summed E-state index contributed by atoms with van der Waals surface area (Å²) in [4.78, 5) is 140. The van der Waals surface area contributed by atoms with E-state index in [9.17, 15) is 47.9 Å². The van der Waals surface area contributed by atoms with E-state index in [-0.39, 0.29) is 50.5 Å². The van der Waals surface area contributed by atoms with Crippen molar-refractivity contribution in [3.05, 3.63) is 95.6 Å². The average molecular weight is 1370 g/mol. The Morgan fingerprint density at radius 2 is 0.990 bits per heavy atom. The van der Waals surface area contributed by atoms with Gasteiger partial charge in [-0.3, -0.25) is 43.2 Å². The molecular weight excluding hydrogens is 1250 g/mol. The summed E-state index contributed by atoms with van der Waals surface area (Å²) in [6.07, 6.45) is 8.58. The average Bonchev–Trinajstić information content (AvgIpc) is 0.860. The van der Waals surface area contributed by atoms with Gasteiger partial charge in [0.1, 0.15) is 66.1 Å². The second-order valence-electron chi connectivity index (χ2n) is 27.8. The fourth-order valence-corrected chi connectivity index (χ4v) is 10.8. The van der Waals surface area contributed by atoms with Gasteiger partial charge in [-0.2, -0.15) is 0 Å². The molecule has 3 rings (SSSR count). The minimum Gasteiger partial charge on any atom is -0.497 e. The number of amides is 7. The Hall–Kier alpha value is -8.08. The molecule has 7 amide bonds. The van der Waals surface area contributed by atoms with Crippen molar-refractivity contribution in [1.29, 1.82) is 0 Å². The van der Waals surface area contributed by atoms with Gasteiger partial charge in [-0.05, 0) is 124 Å². The van der Waals surface area contributed by atoms with Gasteiger partial charge in [0.25, 0.3) is 0 Å². The van der Waals surface area contributed by atoms with Crippen LogP contribution in [0.1, 0.15) is 222 Å². The van der Waals surface area contributed by atoms with E-state index in [2.05, 4.69) is 44.1 Å². The molecule has 9 atom stereocenters. The van der Waals surface area contributed by atoms with Gasteiger partial charge in [-0.15, -0.1) is 0 Å². The lowest BCUT2D eigenvalue weighted by atomic mass is 9.97. The van der Waals surface area contributed by atoms with Crippen LogP contribution in [0.4, 0.5) is 0 Å². The normalized spacial score (nSPS) is 14.2. The van der Waals surface area contributed by atoms with Crippen molar-refractivity contribution >= 4 is 59.3 Å². The number of nitrogens with one attached hydrogen (secondary N) is 7. The van der Waals surface area contributed by atoms with Gasteiger partial charge < -0.3 is 66.6 Å². The third-order valence-corrected chi connectivity index (χ3v) is 16.6. The van der Waals surface area contributed by atoms with Crippen molar-refractivity contribution in [3.8, 4) is 11.5 Å². The van der Waals surface area contributed by atoms with E-state index >= 15 is 0 Å². The molecule has 0 fully saturated rings. The summed E-state index contributed by atoms with van der Waals surface area (Å²) in [6, 6.07) is 13.9. The zero-order valence-electron chi connectivity index (χ0n) is 60.9. The van der Waals surface area contributed by atoms with Gasteiger partial charge in [-0.1, -0.05) is 175 Å². The first kappa shape index (κ1) is 84.1. The molecule has 98 heavy (non-hydrogen) atoms. The molecule has 0 aliphatic heterocycles. The molecule has 546 valence electrons. The smallest absolute Gasteiger partial charge is 0.329 e. The number of hydrogen-bond donors (Lipinski definition) is 8. The molecule has 0 aromatic heterocycles. The summed E-state index contributed by atoms with van der Waals surface area (Å²) in [5.74, 6) is -7.56. The second kappa shape index (κ2) is 44.0. The molecule has 0 bridgehead atoms. The first-order valence-electron chi connectivity index (χ1n) is 35.2. The highest BCUT2D eigenvalue weighted by Crippen LogP contribution is 2.27. The molecule has 3 aromatic rings. The zero-order chi connectivity index (χ0) is 73.1. The molecule has 23 heteroatoms. The van der Waals surface area contributed by atoms with Crippen LogP contribution in [-0.4, -0.2) is 127 Å². The van der Waals surface area contributed by atoms with Crippen LogP contribution in [0, 0.1) is 23.7 Å². The third kappa shape index (κ3) is 32.1. The predicted octanol–water partition coefficient (Wildman–Crippen LogP) is 9.44. The summed E-state index contributed by atoms with van der Waals surface area (Å²) < 4.78 is 27.9. The molecule has 3 aromatic carbocycles. The Bertz CT molecular complexity index is 2910. The number of ether oxygens (including phenoxy) is 5. The topological polar surface area (TPSA) is 327 Å². The summed E-state index contributed by atoms with van der Waals surface area (Å²) in [7, 11) is 3.11. The molecule has 1 unspecified atom stereocenters. The minimum atomic E-state index is -1.66. The highest BCUT2D eigenvalue weighted by Gasteiger charge is 2.38. The van der Waals surface area contributed by atoms with E-state index in [1.807, 2.05) is 89.2 Å². The van der Waals surface area contributed by atoms with Gasteiger partial charge in [0.05, 0.1) is 39.1 Å². The Morgan fingerprint density at radius 1 is 0.500 bits per heavy atom. The van der Waals surface area contributed by atoms with Gasteiger partial charge in [0.15, 0.2) is 0 Å². The predicted molar refractivity (Wildman–Crippen MR) is 377 cm³/mol. The number of esters is 3. The largest absolute Gasteiger partial charge is 0.497 e. The van der Waals surface area contributed by atoms with Crippen molar-refractivity contribution in [2.45, 2.75) is 266 Å². The molecule has 0 spiro atoms. The fraction of sp³-hybridized carbons (Fsp3) is 0.627. The fourth-order valence-electron chi connectivity index (χ4n) is 10.8. The quantitative estimate of drug-likeness (QED) is 0.0148. The van der Waals surface area contributed by atoms with Gasteiger partial charge in [-0.25, -0.2) is 4.79 Å². The van der Waals surface area contributed by atoms with Crippen LogP contribution in [0.2, 0.25) is 0 Å². The lowest BCUT2D eigenvalue weighted by Gasteiger charge is -2.30. The maximum absolute atomic E-state index is 14.6. The van der Waals surface area contributed by atoms with E-state index in [1.165, 1.54) is 32.6 Å². The summed E-state index contributed by atoms with van der Waals surface area (Å²) in [6.45, 7) is 22.8. The molecule has 0 heterocycles. The van der Waals surface area contributed by atoms with Crippen molar-refractivity contribution in [2.24, 2.45) is 29.4 Å². The van der Waals surface area contributed by atoms with Crippen LogP contribution in [0.25, 0.3) is 0 Å². The summed E-state index contributed by atoms with van der Waals surface area (Å²) in [5, 5.41) is 19.2. The molecular formula is C75H116N8O15. The Labute approximate surface area is 582 Å². The van der Waals surface area contributed by atoms with Crippen LogP contribution in [-0.2, 0) is 68.8 Å². The van der Waals surface area contributed by atoms with Crippen LogP contribution >= 0.6 is 0 Å². The Kier molecular flexibility index (Phi) is 37.8. The van der Waals surface area contributed by atoms with Crippen molar-refractivity contribution < 1.29 is 71.6 Å². The molecule has 0 saturated carbocycles. The maximum Gasteiger partial charge on any atom is 0.329 e. The number of hydrogen-bond acceptors (Lipinski definition) is 16. The van der Waals surface area contributed by atoms with Gasteiger partial charge >= 0.3 is 17.9 Å². The molecule has 0 aliphatic carbocycles. The van der Waals surface area contributed by atoms with Crippen LogP contribution < -0.4 is 52.4 Å².